The van der Waals surface area contributed by atoms with Gasteiger partial charge in [0.05, 0.1) is 0 Å². The quantitative estimate of drug-likeness (QED) is 0.581. The molecule has 2 aromatic carbocycles. The Morgan fingerprint density at radius 1 is 0.609 bits per heavy atom. The van der Waals surface area contributed by atoms with Gasteiger partial charge in [-0.05, 0) is 46.8 Å². The van der Waals surface area contributed by atoms with Crippen LogP contribution in [0.1, 0.15) is 0 Å². The summed E-state index contributed by atoms with van der Waals surface area (Å²) in [7, 11) is 0. The second-order valence-corrected chi connectivity index (χ2v) is 3.82. The first kappa shape index (κ1) is 20.8. The van der Waals surface area contributed by atoms with Gasteiger partial charge in [-0.15, -0.1) is 9.81 Å². The second-order valence-electron chi connectivity index (χ2n) is 3.82. The molecule has 9 heteroatoms. The van der Waals surface area contributed by atoms with Crippen LogP contribution >= 0.6 is 0 Å². The van der Waals surface area contributed by atoms with Crippen LogP contribution in [0.25, 0.3) is 0 Å². The summed E-state index contributed by atoms with van der Waals surface area (Å²) in [5, 5.41) is 26.4. The molecule has 0 N–H and O–H groups in total. The minimum absolute atomic E-state index is 0. The van der Waals surface area contributed by atoms with Crippen LogP contribution in [0, 0.1) is 9.81 Å². The minimum atomic E-state index is -0.639. The van der Waals surface area contributed by atoms with Gasteiger partial charge in [0.15, 0.2) is 10.9 Å². The van der Waals surface area contributed by atoms with Crippen molar-refractivity contribution in [1.29, 1.82) is 0 Å². The molecule has 0 atom stereocenters. The Bertz CT molecular complexity index is 744. The molecule has 0 aliphatic rings. The van der Waals surface area contributed by atoms with Crippen molar-refractivity contribution in [3.8, 4) is 11.5 Å². The number of nitroso groups, excluding NO2 is 2. The fourth-order valence-corrected chi connectivity index (χ4v) is 1.21. The van der Waals surface area contributed by atoms with E-state index < -0.39 is 22.4 Å². The molecule has 0 aliphatic heterocycles. The monoisotopic (exact) mass is 340 g/mol. The predicted octanol–water partition coefficient (Wildman–Crippen LogP) is 0.656. The zero-order valence-electron chi connectivity index (χ0n) is 11.7. The van der Waals surface area contributed by atoms with Crippen molar-refractivity contribution in [1.82, 2.24) is 0 Å². The van der Waals surface area contributed by atoms with Crippen molar-refractivity contribution in [2.75, 3.05) is 0 Å². The first-order chi connectivity index (χ1) is 10.5. The van der Waals surface area contributed by atoms with E-state index in [9.17, 15) is 29.6 Å². The zero-order valence-corrected chi connectivity index (χ0v) is 13.9. The largest absolute Gasteiger partial charge is 2.00 e. The van der Waals surface area contributed by atoms with Crippen LogP contribution in [0.2, 0.25) is 0 Å². The molecule has 0 heterocycles. The first-order valence-electron chi connectivity index (χ1n) is 5.77. The number of hydrogen-bond donors (Lipinski definition) is 0. The van der Waals surface area contributed by atoms with Gasteiger partial charge in [-0.25, -0.2) is 0 Å². The van der Waals surface area contributed by atoms with E-state index in [0.717, 1.165) is 24.3 Å². The molecule has 0 spiro atoms. The molecule has 112 valence electrons. The molecule has 0 saturated carbocycles. The standard InChI is InChI=1S/2C7H5NO3.Ca/c2*9-6-3-1-5(8-11)2-4-7(6)10;/h2*1-4H,(H,9,10);/q;;+2/p-2. The zero-order chi connectivity index (χ0) is 16.5. The molecular weight excluding hydrogens is 332 g/mol. The van der Waals surface area contributed by atoms with Crippen molar-refractivity contribution in [3.63, 3.8) is 0 Å². The van der Waals surface area contributed by atoms with Crippen molar-refractivity contribution < 1.29 is 10.2 Å². The van der Waals surface area contributed by atoms with E-state index in [1.54, 1.807) is 0 Å². The Balaban J connectivity index is 0.000000403. The Morgan fingerprint density at radius 2 is 0.913 bits per heavy atom. The number of hydrogen-bond acceptors (Lipinski definition) is 8. The third kappa shape index (κ3) is 7.09. The fraction of sp³-hybridized carbons (Fsp3) is 0. The molecule has 0 unspecified atom stereocenters. The van der Waals surface area contributed by atoms with Gasteiger partial charge < -0.3 is 10.2 Å². The van der Waals surface area contributed by atoms with E-state index in [2.05, 4.69) is 10.4 Å². The summed E-state index contributed by atoms with van der Waals surface area (Å²) < 4.78 is 0. The Hall–Kier alpha value is -2.16. The summed E-state index contributed by atoms with van der Waals surface area (Å²) in [6.07, 6.45) is 0. The molecule has 0 saturated heterocycles. The summed E-state index contributed by atoms with van der Waals surface area (Å²) in [5.41, 5.74) is -1.13. The van der Waals surface area contributed by atoms with Crippen molar-refractivity contribution >= 4 is 49.1 Å². The van der Waals surface area contributed by atoms with Crippen LogP contribution in [-0.4, -0.2) is 37.7 Å². The van der Waals surface area contributed by atoms with Gasteiger partial charge in [-0.3, -0.25) is 9.59 Å². The van der Waals surface area contributed by atoms with Crippen molar-refractivity contribution in [2.24, 2.45) is 10.4 Å². The number of rotatable bonds is 2. The molecule has 0 amide bonds. The maximum atomic E-state index is 10.6. The van der Waals surface area contributed by atoms with Crippen molar-refractivity contribution in [3.05, 3.63) is 78.8 Å². The third-order valence-corrected chi connectivity index (χ3v) is 2.32. The van der Waals surface area contributed by atoms with E-state index in [0.29, 0.717) is 0 Å². The second kappa shape index (κ2) is 10.5. The van der Waals surface area contributed by atoms with Gasteiger partial charge in [-0.2, -0.15) is 0 Å². The Kier molecular flexibility index (Phi) is 9.56. The maximum Gasteiger partial charge on any atom is 2.00 e. The van der Waals surface area contributed by atoms with Gasteiger partial charge in [0.2, 0.25) is 0 Å². The fourth-order valence-electron chi connectivity index (χ4n) is 1.21. The Labute approximate surface area is 159 Å². The minimum Gasteiger partial charge on any atom is -0.870 e. The van der Waals surface area contributed by atoms with E-state index >= 15 is 0 Å². The van der Waals surface area contributed by atoms with Crippen LogP contribution in [-0.2, 0) is 0 Å². The average Bonchev–Trinajstić information content (AvgIpc) is 2.79. The van der Waals surface area contributed by atoms with Gasteiger partial charge in [0.1, 0.15) is 11.4 Å². The molecule has 2 rings (SSSR count). The maximum absolute atomic E-state index is 10.6. The summed E-state index contributed by atoms with van der Waals surface area (Å²) in [5.74, 6) is -1.28. The van der Waals surface area contributed by atoms with E-state index in [1.807, 2.05) is 0 Å². The molecule has 23 heavy (non-hydrogen) atoms. The van der Waals surface area contributed by atoms with Gasteiger partial charge in [0, 0.05) is 0 Å². The van der Waals surface area contributed by atoms with Gasteiger partial charge in [0.25, 0.3) is 0 Å². The molecule has 0 radical (unpaired) electrons. The molecule has 0 fully saturated rings. The van der Waals surface area contributed by atoms with Crippen LogP contribution in [0.15, 0.2) is 68.5 Å². The molecular formula is C14H8CaN2O6. The van der Waals surface area contributed by atoms with E-state index in [1.165, 1.54) is 24.3 Å². The summed E-state index contributed by atoms with van der Waals surface area (Å²) >= 11 is 0. The van der Waals surface area contributed by atoms with Crippen LogP contribution in [0.5, 0.6) is 11.5 Å². The number of nitrogens with zero attached hydrogens (tertiary/aromatic N) is 2. The predicted molar refractivity (Wildman–Crippen MR) is 81.0 cm³/mol. The average molecular weight is 340 g/mol. The SMILES string of the molecule is O=Nc1ccc([O-])c(=O)cc1.O=Nc1ccc([O-])c(=O)cc1.[Ca+2]. The van der Waals surface area contributed by atoms with Gasteiger partial charge in [-0.1, -0.05) is 23.6 Å². The first-order valence-corrected chi connectivity index (χ1v) is 5.77. The molecule has 0 aromatic heterocycles. The van der Waals surface area contributed by atoms with Crippen molar-refractivity contribution in [2.45, 2.75) is 0 Å². The van der Waals surface area contributed by atoms with Gasteiger partial charge >= 0.3 is 37.7 Å². The summed E-state index contributed by atoms with van der Waals surface area (Å²) in [6.45, 7) is 0. The van der Waals surface area contributed by atoms with Crippen LogP contribution < -0.4 is 21.1 Å². The topological polar surface area (TPSA) is 139 Å². The molecule has 8 nitrogen and oxygen atoms in total. The van der Waals surface area contributed by atoms with Crippen LogP contribution in [0.3, 0.4) is 0 Å². The molecule has 2 aromatic rings. The molecule has 0 aliphatic carbocycles. The third-order valence-electron chi connectivity index (χ3n) is 2.32. The summed E-state index contributed by atoms with van der Waals surface area (Å²) in [4.78, 5) is 41.1. The normalized spacial score (nSPS) is 8.70. The van der Waals surface area contributed by atoms with Crippen LogP contribution in [0.4, 0.5) is 11.4 Å². The smallest absolute Gasteiger partial charge is 0.870 e. The molecule has 0 bridgehead atoms. The summed E-state index contributed by atoms with van der Waals surface area (Å²) in [6, 6.07) is 8.93. The Morgan fingerprint density at radius 3 is 1.22 bits per heavy atom. The van der Waals surface area contributed by atoms with E-state index in [4.69, 9.17) is 0 Å². The van der Waals surface area contributed by atoms with E-state index in [-0.39, 0.29) is 49.1 Å².